The standard InChI is InChI=1S/C14H19NO3/c1-3-12(14(17)18)15-13(16)9-10(2)11-7-5-4-6-8-11/h4-8,10,12H,3,9H2,1-2H3,(H,15,16)(H,17,18). The Kier molecular flexibility index (Phi) is 5.36. The third-order valence-electron chi connectivity index (χ3n) is 2.90. The molecule has 0 saturated carbocycles. The van der Waals surface area contributed by atoms with E-state index in [-0.39, 0.29) is 11.8 Å². The summed E-state index contributed by atoms with van der Waals surface area (Å²) in [5, 5.41) is 11.4. The highest BCUT2D eigenvalue weighted by atomic mass is 16.4. The minimum Gasteiger partial charge on any atom is -0.480 e. The molecule has 2 N–H and O–H groups in total. The molecule has 0 aliphatic rings. The lowest BCUT2D eigenvalue weighted by Crippen LogP contribution is -2.40. The van der Waals surface area contributed by atoms with E-state index < -0.39 is 12.0 Å². The molecule has 0 radical (unpaired) electrons. The van der Waals surface area contributed by atoms with Crippen molar-refractivity contribution in [1.82, 2.24) is 5.32 Å². The summed E-state index contributed by atoms with van der Waals surface area (Å²) in [6.07, 6.45) is 0.689. The van der Waals surface area contributed by atoms with Crippen LogP contribution < -0.4 is 5.32 Å². The van der Waals surface area contributed by atoms with E-state index in [4.69, 9.17) is 5.11 Å². The summed E-state index contributed by atoms with van der Waals surface area (Å²) < 4.78 is 0. The molecule has 1 aromatic rings. The van der Waals surface area contributed by atoms with E-state index in [1.54, 1.807) is 6.92 Å². The minimum atomic E-state index is -0.988. The molecule has 98 valence electrons. The van der Waals surface area contributed by atoms with Crippen LogP contribution in [0.4, 0.5) is 0 Å². The Bertz CT molecular complexity index is 403. The van der Waals surface area contributed by atoms with E-state index in [9.17, 15) is 9.59 Å². The molecule has 0 aliphatic heterocycles. The second-order valence-corrected chi connectivity index (χ2v) is 4.38. The van der Waals surface area contributed by atoms with E-state index >= 15 is 0 Å². The first kappa shape index (κ1) is 14.2. The van der Waals surface area contributed by atoms with Gasteiger partial charge in [0.1, 0.15) is 6.04 Å². The molecule has 18 heavy (non-hydrogen) atoms. The van der Waals surface area contributed by atoms with Gasteiger partial charge in [-0.15, -0.1) is 0 Å². The van der Waals surface area contributed by atoms with Gasteiger partial charge in [-0.3, -0.25) is 4.79 Å². The van der Waals surface area contributed by atoms with Gasteiger partial charge < -0.3 is 10.4 Å². The van der Waals surface area contributed by atoms with Gasteiger partial charge >= 0.3 is 5.97 Å². The van der Waals surface area contributed by atoms with Crippen LogP contribution in [-0.2, 0) is 9.59 Å². The zero-order valence-electron chi connectivity index (χ0n) is 10.7. The lowest BCUT2D eigenvalue weighted by atomic mass is 9.97. The van der Waals surface area contributed by atoms with Gasteiger partial charge in [0.05, 0.1) is 0 Å². The van der Waals surface area contributed by atoms with Gasteiger partial charge in [-0.05, 0) is 17.9 Å². The molecule has 0 aromatic heterocycles. The van der Waals surface area contributed by atoms with Gasteiger partial charge in [-0.1, -0.05) is 44.2 Å². The second kappa shape index (κ2) is 6.79. The van der Waals surface area contributed by atoms with Crippen LogP contribution in [0.15, 0.2) is 30.3 Å². The van der Waals surface area contributed by atoms with Gasteiger partial charge in [-0.2, -0.15) is 0 Å². The maximum Gasteiger partial charge on any atom is 0.326 e. The molecule has 0 heterocycles. The number of carbonyl (C=O) groups is 2. The third kappa shape index (κ3) is 4.20. The summed E-state index contributed by atoms with van der Waals surface area (Å²) in [5.41, 5.74) is 1.08. The number of carboxylic acid groups (broad SMARTS) is 1. The maximum atomic E-state index is 11.7. The quantitative estimate of drug-likeness (QED) is 0.812. The van der Waals surface area contributed by atoms with Crippen LogP contribution in [0.2, 0.25) is 0 Å². The van der Waals surface area contributed by atoms with Gasteiger partial charge in [0.2, 0.25) is 5.91 Å². The molecule has 4 nitrogen and oxygen atoms in total. The average Bonchev–Trinajstić information content (AvgIpc) is 2.36. The minimum absolute atomic E-state index is 0.0810. The van der Waals surface area contributed by atoms with Crippen LogP contribution in [0.5, 0.6) is 0 Å². The fraction of sp³-hybridized carbons (Fsp3) is 0.429. The SMILES string of the molecule is CCC(NC(=O)CC(C)c1ccccc1)C(=O)O. The van der Waals surface area contributed by atoms with Gasteiger partial charge in [0, 0.05) is 6.42 Å². The molecule has 1 rings (SSSR count). The second-order valence-electron chi connectivity index (χ2n) is 4.38. The number of nitrogens with one attached hydrogen (secondary N) is 1. The predicted octanol–water partition coefficient (Wildman–Crippen LogP) is 2.16. The van der Waals surface area contributed by atoms with Crippen molar-refractivity contribution >= 4 is 11.9 Å². The highest BCUT2D eigenvalue weighted by Gasteiger charge is 2.19. The highest BCUT2D eigenvalue weighted by Crippen LogP contribution is 2.18. The smallest absolute Gasteiger partial charge is 0.326 e. The number of carbonyl (C=O) groups excluding carboxylic acids is 1. The number of amides is 1. The topological polar surface area (TPSA) is 66.4 Å². The number of rotatable bonds is 6. The van der Waals surface area contributed by atoms with Gasteiger partial charge in [0.15, 0.2) is 0 Å². The molecular weight excluding hydrogens is 230 g/mol. The summed E-state index contributed by atoms with van der Waals surface area (Å²) in [6.45, 7) is 3.69. The molecule has 2 unspecified atom stereocenters. The van der Waals surface area contributed by atoms with Crippen LogP contribution in [0.25, 0.3) is 0 Å². The van der Waals surface area contributed by atoms with E-state index in [0.717, 1.165) is 5.56 Å². The zero-order chi connectivity index (χ0) is 13.5. The first-order valence-electron chi connectivity index (χ1n) is 6.11. The summed E-state index contributed by atoms with van der Waals surface area (Å²) in [4.78, 5) is 22.5. The number of carboxylic acids is 1. The Morgan fingerprint density at radius 3 is 2.39 bits per heavy atom. The van der Waals surface area contributed by atoms with Crippen molar-refractivity contribution in [2.75, 3.05) is 0 Å². The van der Waals surface area contributed by atoms with Crippen LogP contribution in [0, 0.1) is 0 Å². The molecule has 0 saturated heterocycles. The molecule has 0 fully saturated rings. The first-order valence-corrected chi connectivity index (χ1v) is 6.11. The van der Waals surface area contributed by atoms with Crippen molar-refractivity contribution in [3.05, 3.63) is 35.9 Å². The van der Waals surface area contributed by atoms with E-state index in [1.165, 1.54) is 0 Å². The van der Waals surface area contributed by atoms with Crippen molar-refractivity contribution in [2.24, 2.45) is 0 Å². The van der Waals surface area contributed by atoms with Crippen molar-refractivity contribution in [3.8, 4) is 0 Å². The Morgan fingerprint density at radius 1 is 1.28 bits per heavy atom. The lowest BCUT2D eigenvalue weighted by Gasteiger charge is -2.15. The van der Waals surface area contributed by atoms with Crippen LogP contribution in [0.1, 0.15) is 38.2 Å². The Balaban J connectivity index is 2.52. The summed E-state index contributed by atoms with van der Waals surface area (Å²) >= 11 is 0. The fourth-order valence-electron chi connectivity index (χ4n) is 1.77. The van der Waals surface area contributed by atoms with E-state index in [2.05, 4.69) is 5.32 Å². The van der Waals surface area contributed by atoms with Crippen molar-refractivity contribution in [3.63, 3.8) is 0 Å². The Labute approximate surface area is 107 Å². The molecule has 0 bridgehead atoms. The Hall–Kier alpha value is -1.84. The molecule has 1 amide bonds. The summed E-state index contributed by atoms with van der Waals surface area (Å²) in [5.74, 6) is -1.13. The number of hydrogen-bond acceptors (Lipinski definition) is 2. The van der Waals surface area contributed by atoms with Gasteiger partial charge in [-0.25, -0.2) is 4.79 Å². The number of aliphatic carboxylic acids is 1. The number of benzene rings is 1. The average molecular weight is 249 g/mol. The van der Waals surface area contributed by atoms with E-state index in [1.807, 2.05) is 37.3 Å². The molecule has 0 spiro atoms. The lowest BCUT2D eigenvalue weighted by molar-refractivity contribution is -0.141. The molecule has 1 aromatic carbocycles. The van der Waals surface area contributed by atoms with Crippen molar-refractivity contribution in [1.29, 1.82) is 0 Å². The predicted molar refractivity (Wildman–Crippen MR) is 69.3 cm³/mol. The molecule has 4 heteroatoms. The molecule has 2 atom stereocenters. The monoisotopic (exact) mass is 249 g/mol. The number of hydrogen-bond donors (Lipinski definition) is 2. The summed E-state index contributed by atoms with van der Waals surface area (Å²) in [7, 11) is 0. The zero-order valence-corrected chi connectivity index (χ0v) is 10.7. The van der Waals surface area contributed by atoms with Crippen LogP contribution in [-0.4, -0.2) is 23.0 Å². The van der Waals surface area contributed by atoms with E-state index in [0.29, 0.717) is 12.8 Å². The first-order chi connectivity index (χ1) is 8.54. The summed E-state index contributed by atoms with van der Waals surface area (Å²) in [6, 6.07) is 8.92. The van der Waals surface area contributed by atoms with Crippen molar-refractivity contribution < 1.29 is 14.7 Å². The third-order valence-corrected chi connectivity index (χ3v) is 2.90. The fourth-order valence-corrected chi connectivity index (χ4v) is 1.77. The Morgan fingerprint density at radius 2 is 1.89 bits per heavy atom. The van der Waals surface area contributed by atoms with Crippen LogP contribution in [0.3, 0.4) is 0 Å². The molecule has 0 aliphatic carbocycles. The highest BCUT2D eigenvalue weighted by molar-refractivity contribution is 5.83. The molecular formula is C14H19NO3. The maximum absolute atomic E-state index is 11.7. The normalized spacial score (nSPS) is 13.7. The van der Waals surface area contributed by atoms with Crippen LogP contribution >= 0.6 is 0 Å². The largest absolute Gasteiger partial charge is 0.480 e. The van der Waals surface area contributed by atoms with Crippen molar-refractivity contribution in [2.45, 2.75) is 38.6 Å². The van der Waals surface area contributed by atoms with Gasteiger partial charge in [0.25, 0.3) is 0 Å².